The molecule has 0 aliphatic carbocycles. The van der Waals surface area contributed by atoms with Crippen molar-refractivity contribution in [2.45, 2.75) is 39.8 Å². The molecule has 0 aliphatic heterocycles. The molecule has 0 radical (unpaired) electrons. The van der Waals surface area contributed by atoms with Gasteiger partial charge >= 0.3 is 0 Å². The molecular weight excluding hydrogens is 444 g/mol. The van der Waals surface area contributed by atoms with Crippen molar-refractivity contribution in [3.05, 3.63) is 107 Å². The molecule has 1 aromatic heterocycles. The summed E-state index contributed by atoms with van der Waals surface area (Å²) in [7, 11) is 0. The Bertz CT molecular complexity index is 1320. The van der Waals surface area contributed by atoms with Crippen LogP contribution in [-0.4, -0.2) is 33.4 Å². The number of rotatable bonds is 10. The summed E-state index contributed by atoms with van der Waals surface area (Å²) in [6.45, 7) is 12.0. The number of carbonyl (C=O) groups is 1. The van der Waals surface area contributed by atoms with Gasteiger partial charge in [-0.2, -0.15) is 0 Å². The van der Waals surface area contributed by atoms with Crippen molar-refractivity contribution >= 4 is 23.0 Å². The Morgan fingerprint density at radius 3 is 2.44 bits per heavy atom. The van der Waals surface area contributed by atoms with Crippen LogP contribution in [0.25, 0.3) is 17.1 Å². The SMILES string of the molecule is C=Cc1ccc2c(c1)nc(C(C(C)C)N(CCCN)C(=O)c1ccc(C)cc1)n2Cc1ccccc1. The number of carbonyl (C=O) groups excluding carboxylic acids is 1. The fourth-order valence-electron chi connectivity index (χ4n) is 4.74. The van der Waals surface area contributed by atoms with Crippen LogP contribution in [-0.2, 0) is 6.54 Å². The highest BCUT2D eigenvalue weighted by molar-refractivity contribution is 5.94. The van der Waals surface area contributed by atoms with Crippen LogP contribution < -0.4 is 5.73 Å². The van der Waals surface area contributed by atoms with E-state index < -0.39 is 0 Å². The van der Waals surface area contributed by atoms with Crippen LogP contribution in [0.5, 0.6) is 0 Å². The highest BCUT2D eigenvalue weighted by atomic mass is 16.2. The maximum absolute atomic E-state index is 13.9. The van der Waals surface area contributed by atoms with Crippen LogP contribution >= 0.6 is 0 Å². The standard InChI is InChI=1S/C31H36N4O/c1-5-24-14-17-28-27(20-24)33-30(35(28)21-25-10-7-6-8-11-25)29(22(2)3)34(19-9-18-32)31(36)26-15-12-23(4)13-16-26/h5-8,10-17,20,22,29H,1,9,18-19,21,32H2,2-4H3. The Labute approximate surface area is 214 Å². The van der Waals surface area contributed by atoms with E-state index in [4.69, 9.17) is 10.7 Å². The fourth-order valence-corrected chi connectivity index (χ4v) is 4.74. The molecule has 4 aromatic rings. The molecule has 2 N–H and O–H groups in total. The van der Waals surface area contributed by atoms with Crippen LogP contribution in [0, 0.1) is 12.8 Å². The minimum Gasteiger partial charge on any atom is -0.330 e. The summed E-state index contributed by atoms with van der Waals surface area (Å²) in [6.07, 6.45) is 2.56. The summed E-state index contributed by atoms with van der Waals surface area (Å²) in [5.41, 5.74) is 11.9. The van der Waals surface area contributed by atoms with Gasteiger partial charge in [-0.15, -0.1) is 0 Å². The van der Waals surface area contributed by atoms with Gasteiger partial charge in [0.2, 0.25) is 0 Å². The van der Waals surface area contributed by atoms with E-state index in [2.05, 4.69) is 67.5 Å². The Balaban J connectivity index is 1.87. The van der Waals surface area contributed by atoms with Crippen molar-refractivity contribution in [2.75, 3.05) is 13.1 Å². The number of nitrogens with zero attached hydrogens (tertiary/aromatic N) is 3. The molecule has 5 nitrogen and oxygen atoms in total. The third-order valence-corrected chi connectivity index (χ3v) is 6.62. The van der Waals surface area contributed by atoms with Gasteiger partial charge in [-0.1, -0.05) is 80.6 Å². The molecule has 3 aromatic carbocycles. The first-order valence-corrected chi connectivity index (χ1v) is 12.7. The van der Waals surface area contributed by atoms with E-state index in [9.17, 15) is 4.79 Å². The molecule has 1 unspecified atom stereocenters. The normalized spacial score (nSPS) is 12.1. The number of amides is 1. The molecule has 1 atom stereocenters. The van der Waals surface area contributed by atoms with Gasteiger partial charge in [0.1, 0.15) is 5.82 Å². The number of hydrogen-bond donors (Lipinski definition) is 1. The molecular formula is C31H36N4O. The molecule has 0 bridgehead atoms. The van der Waals surface area contributed by atoms with E-state index in [-0.39, 0.29) is 17.9 Å². The molecule has 0 fully saturated rings. The highest BCUT2D eigenvalue weighted by Gasteiger charge is 2.32. The van der Waals surface area contributed by atoms with E-state index in [1.165, 1.54) is 5.56 Å². The summed E-state index contributed by atoms with van der Waals surface area (Å²) in [4.78, 5) is 21.0. The summed E-state index contributed by atoms with van der Waals surface area (Å²) in [5.74, 6) is 1.04. The minimum atomic E-state index is -0.214. The first kappa shape index (κ1) is 25.4. The summed E-state index contributed by atoms with van der Waals surface area (Å²) < 4.78 is 2.26. The maximum Gasteiger partial charge on any atom is 0.254 e. The molecule has 0 saturated carbocycles. The number of benzene rings is 3. The van der Waals surface area contributed by atoms with Crippen molar-refractivity contribution in [1.29, 1.82) is 0 Å². The van der Waals surface area contributed by atoms with Gasteiger partial charge in [0, 0.05) is 18.7 Å². The van der Waals surface area contributed by atoms with Gasteiger partial charge in [0.05, 0.1) is 17.1 Å². The first-order valence-electron chi connectivity index (χ1n) is 12.7. The molecule has 0 saturated heterocycles. The van der Waals surface area contributed by atoms with E-state index in [0.29, 0.717) is 25.2 Å². The lowest BCUT2D eigenvalue weighted by atomic mass is 9.99. The Morgan fingerprint density at radius 1 is 1.08 bits per heavy atom. The molecule has 1 amide bonds. The Hall–Kier alpha value is -3.70. The van der Waals surface area contributed by atoms with Gasteiger partial charge in [0.25, 0.3) is 5.91 Å². The molecule has 36 heavy (non-hydrogen) atoms. The number of imidazole rings is 1. The second kappa shape index (κ2) is 11.4. The van der Waals surface area contributed by atoms with Gasteiger partial charge in [-0.25, -0.2) is 4.98 Å². The molecule has 186 valence electrons. The predicted octanol–water partition coefficient (Wildman–Crippen LogP) is 6.22. The summed E-state index contributed by atoms with van der Waals surface area (Å²) in [6, 6.07) is 24.2. The predicted molar refractivity (Wildman–Crippen MR) is 149 cm³/mol. The van der Waals surface area contributed by atoms with Crippen molar-refractivity contribution in [1.82, 2.24) is 14.5 Å². The zero-order valence-electron chi connectivity index (χ0n) is 21.5. The fraction of sp³-hybridized carbons (Fsp3) is 0.290. The van der Waals surface area contributed by atoms with Crippen LogP contribution in [0.1, 0.15) is 59.2 Å². The number of fused-ring (bicyclic) bond motifs is 1. The van der Waals surface area contributed by atoms with Gasteiger partial charge in [-0.05, 0) is 61.2 Å². The van der Waals surface area contributed by atoms with Crippen molar-refractivity contribution < 1.29 is 4.79 Å². The zero-order valence-corrected chi connectivity index (χ0v) is 21.5. The van der Waals surface area contributed by atoms with E-state index >= 15 is 0 Å². The van der Waals surface area contributed by atoms with E-state index in [0.717, 1.165) is 34.4 Å². The lowest BCUT2D eigenvalue weighted by Crippen LogP contribution is -2.40. The molecule has 4 rings (SSSR count). The van der Waals surface area contributed by atoms with Gasteiger partial charge in [-0.3, -0.25) is 4.79 Å². The molecule has 5 heteroatoms. The van der Waals surface area contributed by atoms with Crippen molar-refractivity contribution in [3.8, 4) is 0 Å². The van der Waals surface area contributed by atoms with Crippen LogP contribution in [0.2, 0.25) is 0 Å². The average Bonchev–Trinajstić information content (AvgIpc) is 3.23. The topological polar surface area (TPSA) is 64.2 Å². The second-order valence-corrected chi connectivity index (χ2v) is 9.69. The number of aromatic nitrogens is 2. The highest BCUT2D eigenvalue weighted by Crippen LogP contribution is 2.33. The lowest BCUT2D eigenvalue weighted by Gasteiger charge is -2.34. The third kappa shape index (κ3) is 5.42. The summed E-state index contributed by atoms with van der Waals surface area (Å²) >= 11 is 0. The minimum absolute atomic E-state index is 0.00671. The number of aryl methyl sites for hydroxylation is 1. The van der Waals surface area contributed by atoms with Crippen molar-refractivity contribution in [3.63, 3.8) is 0 Å². The quantitative estimate of drug-likeness (QED) is 0.293. The van der Waals surface area contributed by atoms with Crippen LogP contribution in [0.15, 0.2) is 79.4 Å². The van der Waals surface area contributed by atoms with Crippen LogP contribution in [0.3, 0.4) is 0 Å². The van der Waals surface area contributed by atoms with Gasteiger partial charge < -0.3 is 15.2 Å². The van der Waals surface area contributed by atoms with E-state index in [1.807, 2.05) is 48.2 Å². The zero-order chi connectivity index (χ0) is 25.7. The lowest BCUT2D eigenvalue weighted by molar-refractivity contribution is 0.0605. The first-order chi connectivity index (χ1) is 17.4. The largest absolute Gasteiger partial charge is 0.330 e. The maximum atomic E-state index is 13.9. The Morgan fingerprint density at radius 2 is 1.81 bits per heavy atom. The second-order valence-electron chi connectivity index (χ2n) is 9.69. The van der Waals surface area contributed by atoms with Crippen LogP contribution in [0.4, 0.5) is 0 Å². The number of nitrogens with two attached hydrogens (primary N) is 1. The average molecular weight is 481 g/mol. The van der Waals surface area contributed by atoms with Gasteiger partial charge in [0.15, 0.2) is 0 Å². The Kier molecular flexibility index (Phi) is 8.01. The molecule has 1 heterocycles. The monoisotopic (exact) mass is 480 g/mol. The molecule has 0 spiro atoms. The summed E-state index contributed by atoms with van der Waals surface area (Å²) in [5, 5.41) is 0. The van der Waals surface area contributed by atoms with E-state index in [1.54, 1.807) is 0 Å². The van der Waals surface area contributed by atoms with Crippen molar-refractivity contribution in [2.24, 2.45) is 11.7 Å². The third-order valence-electron chi connectivity index (χ3n) is 6.62. The number of hydrogen-bond acceptors (Lipinski definition) is 3. The molecule has 0 aliphatic rings. The smallest absolute Gasteiger partial charge is 0.254 e.